The SMILES string of the molecule is Cc1c(CNCCc2cccs2)cc(C#N)n1C. The predicted octanol–water partition coefficient (Wildman–Crippen LogP) is 2.60. The van der Waals surface area contributed by atoms with Gasteiger partial charge in [0.25, 0.3) is 0 Å². The maximum absolute atomic E-state index is 8.96. The third kappa shape index (κ3) is 2.81. The molecule has 0 amide bonds. The van der Waals surface area contributed by atoms with Crippen LogP contribution in [0, 0.1) is 18.3 Å². The first-order valence-electron chi connectivity index (χ1n) is 6.00. The molecule has 0 atom stereocenters. The monoisotopic (exact) mass is 259 g/mol. The summed E-state index contributed by atoms with van der Waals surface area (Å²) in [5.41, 5.74) is 3.10. The third-order valence-electron chi connectivity index (χ3n) is 3.20. The van der Waals surface area contributed by atoms with Crippen molar-refractivity contribution in [3.05, 3.63) is 45.4 Å². The number of hydrogen-bond acceptors (Lipinski definition) is 3. The first kappa shape index (κ1) is 12.9. The predicted molar refractivity (Wildman–Crippen MR) is 74.6 cm³/mol. The fraction of sp³-hybridized carbons (Fsp3) is 0.357. The van der Waals surface area contributed by atoms with Gasteiger partial charge in [-0.15, -0.1) is 11.3 Å². The number of hydrogen-bond donors (Lipinski definition) is 1. The summed E-state index contributed by atoms with van der Waals surface area (Å²) < 4.78 is 1.94. The van der Waals surface area contributed by atoms with Crippen molar-refractivity contribution in [2.75, 3.05) is 6.54 Å². The molecule has 0 saturated carbocycles. The van der Waals surface area contributed by atoms with E-state index in [2.05, 4.69) is 35.8 Å². The number of nitrogens with zero attached hydrogens (tertiary/aromatic N) is 2. The lowest BCUT2D eigenvalue weighted by Crippen LogP contribution is -2.16. The number of rotatable bonds is 5. The molecule has 2 rings (SSSR count). The van der Waals surface area contributed by atoms with Gasteiger partial charge in [-0.3, -0.25) is 0 Å². The molecule has 18 heavy (non-hydrogen) atoms. The van der Waals surface area contributed by atoms with Crippen molar-refractivity contribution >= 4 is 11.3 Å². The Hall–Kier alpha value is -1.57. The van der Waals surface area contributed by atoms with E-state index in [4.69, 9.17) is 5.26 Å². The summed E-state index contributed by atoms with van der Waals surface area (Å²) in [5.74, 6) is 0. The van der Waals surface area contributed by atoms with E-state index in [1.807, 2.05) is 17.7 Å². The zero-order valence-corrected chi connectivity index (χ0v) is 11.5. The van der Waals surface area contributed by atoms with Crippen LogP contribution in [0.5, 0.6) is 0 Å². The van der Waals surface area contributed by atoms with E-state index < -0.39 is 0 Å². The largest absolute Gasteiger partial charge is 0.340 e. The van der Waals surface area contributed by atoms with Crippen LogP contribution >= 0.6 is 11.3 Å². The van der Waals surface area contributed by atoms with Gasteiger partial charge in [-0.05, 0) is 36.4 Å². The van der Waals surface area contributed by atoms with Gasteiger partial charge in [0, 0.05) is 30.7 Å². The molecule has 2 aromatic heterocycles. The highest BCUT2D eigenvalue weighted by Gasteiger charge is 2.07. The van der Waals surface area contributed by atoms with Gasteiger partial charge in [-0.1, -0.05) is 6.07 Å². The summed E-state index contributed by atoms with van der Waals surface area (Å²) in [4.78, 5) is 1.41. The Balaban J connectivity index is 1.85. The smallest absolute Gasteiger partial charge is 0.120 e. The molecule has 94 valence electrons. The van der Waals surface area contributed by atoms with Gasteiger partial charge >= 0.3 is 0 Å². The molecule has 2 heterocycles. The van der Waals surface area contributed by atoms with Gasteiger partial charge in [0.2, 0.25) is 0 Å². The standard InChI is InChI=1S/C14H17N3S/c1-11-12(8-13(9-15)17(11)2)10-16-6-5-14-4-3-7-18-14/h3-4,7-8,16H,5-6,10H2,1-2H3. The molecule has 0 fully saturated rings. The van der Waals surface area contributed by atoms with Crippen LogP contribution in [0.1, 0.15) is 21.8 Å². The first-order valence-corrected chi connectivity index (χ1v) is 6.88. The molecule has 0 radical (unpaired) electrons. The van der Waals surface area contributed by atoms with Crippen LogP contribution in [-0.2, 0) is 20.0 Å². The van der Waals surface area contributed by atoms with E-state index in [0.29, 0.717) is 0 Å². The Kier molecular flexibility index (Phi) is 4.19. The Morgan fingerprint density at radius 3 is 2.94 bits per heavy atom. The Bertz CT molecular complexity index is 546. The number of aromatic nitrogens is 1. The lowest BCUT2D eigenvalue weighted by molar-refractivity contribution is 0.685. The molecule has 0 spiro atoms. The summed E-state index contributed by atoms with van der Waals surface area (Å²) in [6, 6.07) is 8.42. The molecule has 0 aliphatic rings. The van der Waals surface area contributed by atoms with Crippen LogP contribution in [0.2, 0.25) is 0 Å². The second-order valence-electron chi connectivity index (χ2n) is 4.32. The van der Waals surface area contributed by atoms with Crippen molar-refractivity contribution in [2.24, 2.45) is 7.05 Å². The van der Waals surface area contributed by atoms with E-state index >= 15 is 0 Å². The zero-order valence-electron chi connectivity index (χ0n) is 10.7. The minimum absolute atomic E-state index is 0.725. The lowest BCUT2D eigenvalue weighted by Gasteiger charge is -2.04. The Labute approximate surface area is 112 Å². The minimum Gasteiger partial charge on any atom is -0.340 e. The molecule has 0 aromatic carbocycles. The van der Waals surface area contributed by atoms with Crippen molar-refractivity contribution in [2.45, 2.75) is 19.9 Å². The zero-order chi connectivity index (χ0) is 13.0. The van der Waals surface area contributed by atoms with Gasteiger partial charge in [0.1, 0.15) is 11.8 Å². The Morgan fingerprint density at radius 2 is 2.33 bits per heavy atom. The van der Waals surface area contributed by atoms with Crippen molar-refractivity contribution in [3.63, 3.8) is 0 Å². The van der Waals surface area contributed by atoms with E-state index in [1.165, 1.54) is 10.4 Å². The molecule has 0 aliphatic carbocycles. The average molecular weight is 259 g/mol. The molecule has 4 heteroatoms. The Morgan fingerprint density at radius 1 is 1.50 bits per heavy atom. The van der Waals surface area contributed by atoms with Gasteiger partial charge < -0.3 is 9.88 Å². The topological polar surface area (TPSA) is 40.8 Å². The minimum atomic E-state index is 0.725. The molecule has 1 N–H and O–H groups in total. The second kappa shape index (κ2) is 5.85. The molecule has 0 unspecified atom stereocenters. The molecule has 0 saturated heterocycles. The van der Waals surface area contributed by atoms with Crippen LogP contribution < -0.4 is 5.32 Å². The summed E-state index contributed by atoms with van der Waals surface area (Å²) in [6.45, 7) is 3.85. The molecule has 2 aromatic rings. The van der Waals surface area contributed by atoms with Crippen molar-refractivity contribution < 1.29 is 0 Å². The summed E-state index contributed by atoms with van der Waals surface area (Å²) in [6.07, 6.45) is 1.06. The van der Waals surface area contributed by atoms with E-state index in [0.717, 1.165) is 30.9 Å². The molecular weight excluding hydrogens is 242 g/mol. The number of thiophene rings is 1. The van der Waals surface area contributed by atoms with Crippen LogP contribution in [-0.4, -0.2) is 11.1 Å². The fourth-order valence-electron chi connectivity index (χ4n) is 1.94. The van der Waals surface area contributed by atoms with Gasteiger partial charge in [-0.25, -0.2) is 0 Å². The molecule has 3 nitrogen and oxygen atoms in total. The second-order valence-corrected chi connectivity index (χ2v) is 5.35. The van der Waals surface area contributed by atoms with Crippen LogP contribution in [0.3, 0.4) is 0 Å². The van der Waals surface area contributed by atoms with Crippen molar-refractivity contribution in [3.8, 4) is 6.07 Å². The average Bonchev–Trinajstić information content (AvgIpc) is 2.97. The highest BCUT2D eigenvalue weighted by molar-refractivity contribution is 7.09. The van der Waals surface area contributed by atoms with Gasteiger partial charge in [0.05, 0.1) is 0 Å². The van der Waals surface area contributed by atoms with Crippen LogP contribution in [0.15, 0.2) is 23.6 Å². The van der Waals surface area contributed by atoms with Crippen LogP contribution in [0.25, 0.3) is 0 Å². The number of nitriles is 1. The summed E-state index contributed by atoms with van der Waals surface area (Å²) in [5, 5.41) is 14.5. The van der Waals surface area contributed by atoms with E-state index in [9.17, 15) is 0 Å². The molecular formula is C14H17N3S. The quantitative estimate of drug-likeness (QED) is 0.839. The van der Waals surface area contributed by atoms with Gasteiger partial charge in [0.15, 0.2) is 0 Å². The van der Waals surface area contributed by atoms with Crippen LogP contribution in [0.4, 0.5) is 0 Å². The van der Waals surface area contributed by atoms with E-state index in [-0.39, 0.29) is 0 Å². The fourth-order valence-corrected chi connectivity index (χ4v) is 2.65. The van der Waals surface area contributed by atoms with Crippen molar-refractivity contribution in [1.82, 2.24) is 9.88 Å². The first-order chi connectivity index (χ1) is 8.72. The number of nitrogens with one attached hydrogen (secondary N) is 1. The highest BCUT2D eigenvalue weighted by Crippen LogP contribution is 2.13. The van der Waals surface area contributed by atoms with Gasteiger partial charge in [-0.2, -0.15) is 5.26 Å². The molecule has 0 aliphatic heterocycles. The summed E-state index contributed by atoms with van der Waals surface area (Å²) in [7, 11) is 1.93. The lowest BCUT2D eigenvalue weighted by atomic mass is 10.2. The normalized spacial score (nSPS) is 10.5. The van der Waals surface area contributed by atoms with E-state index in [1.54, 1.807) is 11.3 Å². The maximum Gasteiger partial charge on any atom is 0.120 e. The third-order valence-corrected chi connectivity index (χ3v) is 4.13. The summed E-state index contributed by atoms with van der Waals surface area (Å²) >= 11 is 1.80. The highest BCUT2D eigenvalue weighted by atomic mass is 32.1. The maximum atomic E-state index is 8.96. The van der Waals surface area contributed by atoms with Crippen molar-refractivity contribution in [1.29, 1.82) is 5.26 Å². The molecule has 0 bridgehead atoms.